The minimum absolute atomic E-state index is 0.395. The summed E-state index contributed by atoms with van der Waals surface area (Å²) < 4.78 is 5.58. The van der Waals surface area contributed by atoms with Crippen molar-refractivity contribution in [2.24, 2.45) is 0 Å². The smallest absolute Gasteiger partial charge is 0.129 e. The minimum atomic E-state index is -0.692. The van der Waals surface area contributed by atoms with E-state index in [0.717, 1.165) is 31.2 Å². The number of hydrogen-bond acceptors (Lipinski definition) is 4. The molecule has 2 rings (SSSR count). The van der Waals surface area contributed by atoms with E-state index in [1.165, 1.54) is 0 Å². The summed E-state index contributed by atoms with van der Waals surface area (Å²) in [5.74, 6) is 0.395. The summed E-state index contributed by atoms with van der Waals surface area (Å²) in [5.41, 5.74) is 7.05. The van der Waals surface area contributed by atoms with E-state index in [2.05, 4.69) is 4.98 Å². The summed E-state index contributed by atoms with van der Waals surface area (Å²) >= 11 is 0. The van der Waals surface area contributed by atoms with Gasteiger partial charge in [0.1, 0.15) is 11.9 Å². The van der Waals surface area contributed by atoms with Crippen LogP contribution in [0.25, 0.3) is 0 Å². The molecule has 0 aromatic carbocycles. The van der Waals surface area contributed by atoms with Gasteiger partial charge in [0, 0.05) is 18.9 Å². The first-order chi connectivity index (χ1) is 8.09. The Hall–Kier alpha value is -1.13. The maximum absolute atomic E-state index is 10.5. The molecule has 4 nitrogen and oxygen atoms in total. The van der Waals surface area contributed by atoms with Gasteiger partial charge in [0.2, 0.25) is 0 Å². The molecule has 1 aliphatic carbocycles. The van der Waals surface area contributed by atoms with Crippen LogP contribution in [-0.2, 0) is 4.74 Å². The lowest BCUT2D eigenvalue weighted by molar-refractivity contribution is -0.0999. The Morgan fingerprint density at radius 3 is 2.71 bits per heavy atom. The predicted molar refractivity (Wildman–Crippen MR) is 66.6 cm³/mol. The Bertz CT molecular complexity index is 400. The quantitative estimate of drug-likeness (QED) is 0.841. The lowest BCUT2D eigenvalue weighted by Gasteiger charge is -2.33. The molecule has 1 aromatic heterocycles. The number of nitrogen functional groups attached to an aromatic ring is 1. The molecule has 1 fully saturated rings. The zero-order valence-electron chi connectivity index (χ0n) is 10.4. The molecule has 1 saturated carbocycles. The maximum atomic E-state index is 10.5. The fourth-order valence-electron chi connectivity index (χ4n) is 2.67. The van der Waals surface area contributed by atoms with Crippen molar-refractivity contribution in [3.05, 3.63) is 23.4 Å². The van der Waals surface area contributed by atoms with E-state index < -0.39 is 11.7 Å². The van der Waals surface area contributed by atoms with E-state index in [1.807, 2.05) is 13.0 Å². The Labute approximate surface area is 102 Å². The van der Waals surface area contributed by atoms with Crippen molar-refractivity contribution in [3.8, 4) is 0 Å². The normalized spacial score (nSPS) is 20.4. The van der Waals surface area contributed by atoms with Crippen molar-refractivity contribution in [3.63, 3.8) is 0 Å². The summed E-state index contributed by atoms with van der Waals surface area (Å²) in [5, 5.41) is 10.5. The van der Waals surface area contributed by atoms with Crippen molar-refractivity contribution in [2.75, 3.05) is 12.8 Å². The molecule has 1 heterocycles. The van der Waals surface area contributed by atoms with E-state index in [4.69, 9.17) is 10.5 Å². The molecule has 0 amide bonds. The van der Waals surface area contributed by atoms with E-state index in [0.29, 0.717) is 11.4 Å². The van der Waals surface area contributed by atoms with E-state index in [1.54, 1.807) is 13.3 Å². The number of aryl methyl sites for hydroxylation is 1. The highest BCUT2D eigenvalue weighted by atomic mass is 16.5. The fourth-order valence-corrected chi connectivity index (χ4v) is 2.67. The molecule has 0 spiro atoms. The molecule has 1 aromatic rings. The van der Waals surface area contributed by atoms with Crippen LogP contribution in [0, 0.1) is 6.92 Å². The monoisotopic (exact) mass is 236 g/mol. The second-order valence-corrected chi connectivity index (χ2v) is 4.87. The van der Waals surface area contributed by atoms with Crippen LogP contribution in [0.5, 0.6) is 0 Å². The molecule has 0 bridgehead atoms. The molecule has 17 heavy (non-hydrogen) atoms. The number of rotatable bonds is 3. The molecule has 1 atom stereocenters. The summed E-state index contributed by atoms with van der Waals surface area (Å²) in [7, 11) is 1.66. The number of ether oxygens (including phenoxy) is 1. The van der Waals surface area contributed by atoms with Crippen LogP contribution in [0.4, 0.5) is 5.82 Å². The third-order valence-corrected chi connectivity index (χ3v) is 3.74. The minimum Gasteiger partial charge on any atom is -0.385 e. The maximum Gasteiger partial charge on any atom is 0.129 e. The van der Waals surface area contributed by atoms with Gasteiger partial charge in [0.15, 0.2) is 0 Å². The standard InChI is InChI=1S/C13H20N2O2/c1-9-7-10(12(14)15-8-9)11(16)13(17-2)5-3-4-6-13/h7-8,11,16H,3-6H2,1-2H3,(H2,14,15). The molecule has 0 saturated heterocycles. The van der Waals surface area contributed by atoms with E-state index >= 15 is 0 Å². The van der Waals surface area contributed by atoms with Crippen LogP contribution in [0.2, 0.25) is 0 Å². The number of aromatic nitrogens is 1. The number of hydrogen-bond donors (Lipinski definition) is 2. The van der Waals surface area contributed by atoms with Gasteiger partial charge in [-0.05, 0) is 31.4 Å². The lowest BCUT2D eigenvalue weighted by Crippen LogP contribution is -2.36. The number of aliphatic hydroxyl groups is 1. The first kappa shape index (κ1) is 12.3. The lowest BCUT2D eigenvalue weighted by atomic mass is 9.89. The molecular formula is C13H20N2O2. The molecular weight excluding hydrogens is 216 g/mol. The molecule has 94 valence electrons. The van der Waals surface area contributed by atoms with Crippen LogP contribution in [0.3, 0.4) is 0 Å². The van der Waals surface area contributed by atoms with Crippen LogP contribution < -0.4 is 5.73 Å². The van der Waals surface area contributed by atoms with Crippen molar-refractivity contribution in [2.45, 2.75) is 44.3 Å². The number of pyridine rings is 1. The third kappa shape index (κ3) is 2.15. The van der Waals surface area contributed by atoms with Gasteiger partial charge in [0.25, 0.3) is 0 Å². The van der Waals surface area contributed by atoms with Crippen molar-refractivity contribution in [1.29, 1.82) is 0 Å². The van der Waals surface area contributed by atoms with Crippen LogP contribution in [-0.4, -0.2) is 22.8 Å². The third-order valence-electron chi connectivity index (χ3n) is 3.74. The van der Waals surface area contributed by atoms with E-state index in [-0.39, 0.29) is 0 Å². The fraction of sp³-hybridized carbons (Fsp3) is 0.615. The van der Waals surface area contributed by atoms with Gasteiger partial charge in [-0.3, -0.25) is 0 Å². The van der Waals surface area contributed by atoms with Crippen LogP contribution in [0.15, 0.2) is 12.3 Å². The van der Waals surface area contributed by atoms with Gasteiger partial charge in [-0.25, -0.2) is 4.98 Å². The van der Waals surface area contributed by atoms with Crippen LogP contribution >= 0.6 is 0 Å². The highest BCUT2D eigenvalue weighted by molar-refractivity contribution is 5.43. The van der Waals surface area contributed by atoms with Crippen molar-refractivity contribution < 1.29 is 9.84 Å². The van der Waals surface area contributed by atoms with Gasteiger partial charge in [-0.2, -0.15) is 0 Å². The molecule has 0 radical (unpaired) electrons. The van der Waals surface area contributed by atoms with Crippen molar-refractivity contribution >= 4 is 5.82 Å². The average Bonchev–Trinajstić information content (AvgIpc) is 2.81. The Balaban J connectivity index is 2.35. The molecule has 1 unspecified atom stereocenters. The highest BCUT2D eigenvalue weighted by Crippen LogP contribution is 2.43. The highest BCUT2D eigenvalue weighted by Gasteiger charge is 2.42. The summed E-state index contributed by atoms with van der Waals surface area (Å²) in [6, 6.07) is 1.89. The Morgan fingerprint density at radius 2 is 2.12 bits per heavy atom. The van der Waals surface area contributed by atoms with Crippen molar-refractivity contribution in [1.82, 2.24) is 4.98 Å². The second kappa shape index (κ2) is 4.63. The number of aliphatic hydroxyl groups excluding tert-OH is 1. The van der Waals surface area contributed by atoms with Gasteiger partial charge in [-0.15, -0.1) is 0 Å². The zero-order chi connectivity index (χ0) is 12.5. The Kier molecular flexibility index (Phi) is 3.35. The Morgan fingerprint density at radius 1 is 1.47 bits per heavy atom. The topological polar surface area (TPSA) is 68.4 Å². The summed E-state index contributed by atoms with van der Waals surface area (Å²) in [6.45, 7) is 1.94. The zero-order valence-corrected chi connectivity index (χ0v) is 10.4. The molecule has 3 N–H and O–H groups in total. The largest absolute Gasteiger partial charge is 0.385 e. The number of methoxy groups -OCH3 is 1. The molecule has 0 aliphatic heterocycles. The number of nitrogens with two attached hydrogens (primary N) is 1. The van der Waals surface area contributed by atoms with Gasteiger partial charge in [0.05, 0.1) is 5.60 Å². The number of nitrogens with zero attached hydrogens (tertiary/aromatic N) is 1. The first-order valence-electron chi connectivity index (χ1n) is 6.04. The summed E-state index contributed by atoms with van der Waals surface area (Å²) in [6.07, 6.45) is 4.94. The first-order valence-corrected chi connectivity index (χ1v) is 6.04. The molecule has 4 heteroatoms. The molecule has 1 aliphatic rings. The average molecular weight is 236 g/mol. The van der Waals surface area contributed by atoms with Crippen LogP contribution in [0.1, 0.15) is 42.9 Å². The summed E-state index contributed by atoms with van der Waals surface area (Å²) in [4.78, 5) is 4.10. The SMILES string of the molecule is COC1(C(O)c2cc(C)cnc2N)CCCC1. The predicted octanol–water partition coefficient (Wildman–Crippen LogP) is 1.96. The van der Waals surface area contributed by atoms with Gasteiger partial charge >= 0.3 is 0 Å². The number of anilines is 1. The van der Waals surface area contributed by atoms with E-state index in [9.17, 15) is 5.11 Å². The van der Waals surface area contributed by atoms with Gasteiger partial charge < -0.3 is 15.6 Å². The second-order valence-electron chi connectivity index (χ2n) is 4.87. The van der Waals surface area contributed by atoms with Gasteiger partial charge in [-0.1, -0.05) is 12.8 Å².